The van der Waals surface area contributed by atoms with Crippen molar-refractivity contribution in [1.29, 1.82) is 0 Å². The number of hydrogen-bond donors (Lipinski definition) is 0. The van der Waals surface area contributed by atoms with Crippen LogP contribution in [-0.2, 0) is 5.75 Å². The number of hydrogen-bond acceptors (Lipinski definition) is 3. The molecule has 0 saturated heterocycles. The van der Waals surface area contributed by atoms with E-state index in [1.807, 2.05) is 36.1 Å². The van der Waals surface area contributed by atoms with Crippen molar-refractivity contribution < 1.29 is 4.79 Å². The van der Waals surface area contributed by atoms with Crippen LogP contribution in [0.15, 0.2) is 41.3 Å². The molecule has 0 spiro atoms. The molecule has 2 aromatic rings. The zero-order chi connectivity index (χ0) is 18.9. The van der Waals surface area contributed by atoms with Gasteiger partial charge in [0.25, 0.3) is 5.91 Å². The lowest BCUT2D eigenvalue weighted by molar-refractivity contribution is 0.0755. The Hall–Kier alpha value is -1.23. The van der Waals surface area contributed by atoms with E-state index in [-0.39, 0.29) is 5.91 Å². The van der Waals surface area contributed by atoms with Crippen molar-refractivity contribution >= 4 is 40.9 Å². The largest absolute Gasteiger partial charge is 0.338 e. The van der Waals surface area contributed by atoms with E-state index in [2.05, 4.69) is 11.9 Å². The third-order valence-electron chi connectivity index (χ3n) is 4.00. The highest BCUT2D eigenvalue weighted by Gasteiger charge is 2.15. The number of rotatable bonds is 9. The summed E-state index contributed by atoms with van der Waals surface area (Å²) in [5.41, 5.74) is 1.36. The number of aromatic nitrogens is 1. The van der Waals surface area contributed by atoms with Crippen LogP contribution in [-0.4, -0.2) is 28.9 Å². The van der Waals surface area contributed by atoms with Crippen molar-refractivity contribution in [2.45, 2.75) is 43.8 Å². The molecule has 0 aliphatic heterocycles. The molecular formula is C20H24Cl2N2OS. The van der Waals surface area contributed by atoms with E-state index in [9.17, 15) is 4.79 Å². The topological polar surface area (TPSA) is 33.2 Å². The first-order valence-electron chi connectivity index (χ1n) is 8.88. The molecule has 0 bridgehead atoms. The third kappa shape index (κ3) is 6.19. The molecule has 1 heterocycles. The van der Waals surface area contributed by atoms with Gasteiger partial charge in [0.05, 0.1) is 10.7 Å². The van der Waals surface area contributed by atoms with E-state index in [0.29, 0.717) is 28.0 Å². The van der Waals surface area contributed by atoms with E-state index in [0.717, 1.165) is 36.4 Å². The van der Waals surface area contributed by atoms with Gasteiger partial charge in [-0.05, 0) is 43.7 Å². The number of halogens is 2. The summed E-state index contributed by atoms with van der Waals surface area (Å²) in [6.07, 6.45) is 3.31. The zero-order valence-electron chi connectivity index (χ0n) is 15.2. The molecule has 0 radical (unpaired) electrons. The van der Waals surface area contributed by atoms with Crippen LogP contribution in [0.5, 0.6) is 0 Å². The standard InChI is InChI=1S/C20H24Cl2N2OS/c1-3-5-6-12-24(4-2)20(25)18-9-7-8-16(23-18)14-26-19-11-10-15(21)13-17(19)22/h7-11,13H,3-6,12,14H2,1-2H3. The minimum Gasteiger partial charge on any atom is -0.338 e. The van der Waals surface area contributed by atoms with Gasteiger partial charge in [0, 0.05) is 28.8 Å². The molecule has 0 aliphatic carbocycles. The molecule has 6 heteroatoms. The Bertz CT molecular complexity index is 740. The highest BCUT2D eigenvalue weighted by atomic mass is 35.5. The second-order valence-electron chi connectivity index (χ2n) is 5.97. The van der Waals surface area contributed by atoms with Crippen molar-refractivity contribution in [3.8, 4) is 0 Å². The van der Waals surface area contributed by atoms with Crippen LogP contribution in [0.25, 0.3) is 0 Å². The molecule has 2 rings (SSSR count). The Morgan fingerprint density at radius 2 is 1.96 bits per heavy atom. The summed E-state index contributed by atoms with van der Waals surface area (Å²) in [4.78, 5) is 20.1. The van der Waals surface area contributed by atoms with Gasteiger partial charge in [-0.2, -0.15) is 0 Å². The van der Waals surface area contributed by atoms with Gasteiger partial charge < -0.3 is 4.90 Å². The number of carbonyl (C=O) groups is 1. The quantitative estimate of drug-likeness (QED) is 0.357. The predicted molar refractivity (Wildman–Crippen MR) is 111 cm³/mol. The van der Waals surface area contributed by atoms with Gasteiger partial charge in [0.1, 0.15) is 5.69 Å². The van der Waals surface area contributed by atoms with Crippen molar-refractivity contribution in [3.63, 3.8) is 0 Å². The maximum Gasteiger partial charge on any atom is 0.272 e. The van der Waals surface area contributed by atoms with Gasteiger partial charge in [-0.1, -0.05) is 49.0 Å². The monoisotopic (exact) mass is 410 g/mol. The van der Waals surface area contributed by atoms with Crippen LogP contribution >= 0.6 is 35.0 Å². The summed E-state index contributed by atoms with van der Waals surface area (Å²) in [5.74, 6) is 0.643. The minimum atomic E-state index is -0.0000200. The van der Waals surface area contributed by atoms with E-state index >= 15 is 0 Å². The fourth-order valence-corrected chi connectivity index (χ4v) is 3.94. The second-order valence-corrected chi connectivity index (χ2v) is 7.83. The lowest BCUT2D eigenvalue weighted by atomic mass is 10.2. The van der Waals surface area contributed by atoms with Gasteiger partial charge >= 0.3 is 0 Å². The van der Waals surface area contributed by atoms with Gasteiger partial charge in [-0.25, -0.2) is 4.98 Å². The van der Waals surface area contributed by atoms with E-state index < -0.39 is 0 Å². The number of pyridine rings is 1. The highest BCUT2D eigenvalue weighted by Crippen LogP contribution is 2.31. The fourth-order valence-electron chi connectivity index (χ4n) is 2.54. The number of unbranched alkanes of at least 4 members (excludes halogenated alkanes) is 2. The Labute approximate surface area is 170 Å². The number of nitrogens with zero attached hydrogens (tertiary/aromatic N) is 2. The maximum atomic E-state index is 12.7. The molecule has 0 atom stereocenters. The SMILES string of the molecule is CCCCCN(CC)C(=O)c1cccc(CSc2ccc(Cl)cc2Cl)n1. The number of carbonyl (C=O) groups excluding carboxylic acids is 1. The smallest absolute Gasteiger partial charge is 0.272 e. The van der Waals surface area contributed by atoms with Gasteiger partial charge in [0.2, 0.25) is 0 Å². The molecule has 1 aromatic heterocycles. The first-order valence-corrected chi connectivity index (χ1v) is 10.6. The molecule has 0 aliphatic rings. The van der Waals surface area contributed by atoms with Crippen molar-refractivity contribution in [2.24, 2.45) is 0 Å². The van der Waals surface area contributed by atoms with Crippen LogP contribution in [0, 0.1) is 0 Å². The van der Waals surface area contributed by atoms with E-state index in [4.69, 9.17) is 23.2 Å². The van der Waals surface area contributed by atoms with Gasteiger partial charge in [-0.15, -0.1) is 11.8 Å². The number of amides is 1. The van der Waals surface area contributed by atoms with Crippen LogP contribution in [0.3, 0.4) is 0 Å². The Morgan fingerprint density at radius 3 is 2.65 bits per heavy atom. The average Bonchev–Trinajstić information content (AvgIpc) is 2.64. The van der Waals surface area contributed by atoms with Crippen molar-refractivity contribution in [3.05, 3.63) is 57.8 Å². The Morgan fingerprint density at radius 1 is 1.15 bits per heavy atom. The lowest BCUT2D eigenvalue weighted by Crippen LogP contribution is -2.32. The van der Waals surface area contributed by atoms with Gasteiger partial charge in [-0.3, -0.25) is 4.79 Å². The Balaban J connectivity index is 2.03. The molecule has 0 unspecified atom stereocenters. The van der Waals surface area contributed by atoms with E-state index in [1.165, 1.54) is 0 Å². The summed E-state index contributed by atoms with van der Waals surface area (Å²) >= 11 is 13.7. The lowest BCUT2D eigenvalue weighted by Gasteiger charge is -2.20. The fraction of sp³-hybridized carbons (Fsp3) is 0.400. The second kappa shape index (κ2) is 10.8. The van der Waals surface area contributed by atoms with Gasteiger partial charge in [0.15, 0.2) is 0 Å². The molecule has 140 valence electrons. The maximum absolute atomic E-state index is 12.7. The van der Waals surface area contributed by atoms with Crippen LogP contribution in [0.2, 0.25) is 10.0 Å². The number of benzene rings is 1. The molecule has 26 heavy (non-hydrogen) atoms. The Kier molecular flexibility index (Phi) is 8.76. The predicted octanol–water partition coefficient (Wildman–Crippen LogP) is 6.33. The molecule has 0 N–H and O–H groups in total. The summed E-state index contributed by atoms with van der Waals surface area (Å²) in [7, 11) is 0. The summed E-state index contributed by atoms with van der Waals surface area (Å²) < 4.78 is 0. The first-order chi connectivity index (χ1) is 12.5. The van der Waals surface area contributed by atoms with Crippen LogP contribution in [0.1, 0.15) is 49.3 Å². The van der Waals surface area contributed by atoms with Crippen molar-refractivity contribution in [2.75, 3.05) is 13.1 Å². The summed E-state index contributed by atoms with van der Waals surface area (Å²) in [6, 6.07) is 11.1. The molecule has 0 fully saturated rings. The van der Waals surface area contributed by atoms with E-state index in [1.54, 1.807) is 23.9 Å². The van der Waals surface area contributed by atoms with Crippen molar-refractivity contribution in [1.82, 2.24) is 9.88 Å². The minimum absolute atomic E-state index is 0.0000200. The normalized spacial score (nSPS) is 10.8. The average molecular weight is 411 g/mol. The summed E-state index contributed by atoms with van der Waals surface area (Å²) in [5, 5.41) is 1.25. The highest BCUT2D eigenvalue weighted by molar-refractivity contribution is 7.98. The molecule has 0 saturated carbocycles. The molecule has 3 nitrogen and oxygen atoms in total. The molecule has 1 amide bonds. The zero-order valence-corrected chi connectivity index (χ0v) is 17.5. The number of thioether (sulfide) groups is 1. The summed E-state index contributed by atoms with van der Waals surface area (Å²) in [6.45, 7) is 5.65. The molecule has 1 aromatic carbocycles. The van der Waals surface area contributed by atoms with Crippen LogP contribution in [0.4, 0.5) is 0 Å². The van der Waals surface area contributed by atoms with Crippen LogP contribution < -0.4 is 0 Å². The first kappa shape index (κ1) is 21.1. The molecular weight excluding hydrogens is 387 g/mol. The third-order valence-corrected chi connectivity index (χ3v) is 5.76.